The molecule has 0 aliphatic heterocycles. The predicted octanol–water partition coefficient (Wildman–Crippen LogP) is 3.07. The number of rotatable bonds is 3. The number of carbonyl (C=O) groups is 1. The van der Waals surface area contributed by atoms with Gasteiger partial charge in [-0.2, -0.15) is 0 Å². The van der Waals surface area contributed by atoms with Gasteiger partial charge in [0.1, 0.15) is 11.6 Å². The van der Waals surface area contributed by atoms with Gasteiger partial charge in [0.2, 0.25) is 0 Å². The number of hydrogen-bond acceptors (Lipinski definition) is 2. The second-order valence-corrected chi connectivity index (χ2v) is 4.06. The number of nitrogens with one attached hydrogen (secondary N) is 2. The molecule has 6 heteroatoms. The summed E-state index contributed by atoms with van der Waals surface area (Å²) in [5, 5.41) is 4.87. The van der Waals surface area contributed by atoms with E-state index in [4.69, 9.17) is 5.73 Å². The topological polar surface area (TPSA) is 67.1 Å². The maximum Gasteiger partial charge on any atom is 0.323 e. The number of hydrogen-bond donors (Lipinski definition) is 3. The van der Waals surface area contributed by atoms with Crippen LogP contribution in [0, 0.1) is 11.6 Å². The highest BCUT2D eigenvalue weighted by Gasteiger charge is 2.09. The summed E-state index contributed by atoms with van der Waals surface area (Å²) < 4.78 is 26.1. The quantitative estimate of drug-likeness (QED) is 0.807. The van der Waals surface area contributed by atoms with Crippen molar-refractivity contribution in [1.82, 2.24) is 0 Å². The van der Waals surface area contributed by atoms with Crippen molar-refractivity contribution in [3.63, 3.8) is 0 Å². The molecule has 0 aromatic heterocycles. The minimum Gasteiger partial charge on any atom is -0.326 e. The normalized spacial score (nSPS) is 10.2. The number of para-hydroxylation sites is 1. The van der Waals surface area contributed by atoms with Gasteiger partial charge in [-0.3, -0.25) is 0 Å². The molecule has 0 saturated heterocycles. The van der Waals surface area contributed by atoms with Gasteiger partial charge < -0.3 is 16.4 Å². The first-order valence-corrected chi connectivity index (χ1v) is 5.91. The average molecular weight is 277 g/mol. The summed E-state index contributed by atoms with van der Waals surface area (Å²) in [6.07, 6.45) is 0. The largest absolute Gasteiger partial charge is 0.326 e. The van der Waals surface area contributed by atoms with Crippen molar-refractivity contribution in [2.45, 2.75) is 6.54 Å². The first-order valence-electron chi connectivity index (χ1n) is 5.91. The third-order valence-corrected chi connectivity index (χ3v) is 2.66. The number of nitrogens with two attached hydrogens (primary N) is 1. The molecule has 2 rings (SSSR count). The van der Waals surface area contributed by atoms with E-state index in [0.29, 0.717) is 11.8 Å². The van der Waals surface area contributed by atoms with Gasteiger partial charge in [0.05, 0.1) is 5.69 Å². The summed E-state index contributed by atoms with van der Waals surface area (Å²) in [6.45, 7) is 0.265. The van der Waals surface area contributed by atoms with E-state index >= 15 is 0 Å². The van der Waals surface area contributed by atoms with Gasteiger partial charge in [0.15, 0.2) is 0 Å². The Kier molecular flexibility index (Phi) is 4.27. The maximum absolute atomic E-state index is 13.4. The van der Waals surface area contributed by atoms with Crippen molar-refractivity contribution in [2.24, 2.45) is 5.73 Å². The van der Waals surface area contributed by atoms with E-state index in [2.05, 4.69) is 10.6 Å². The third kappa shape index (κ3) is 3.30. The Bertz CT molecular complexity index is 632. The molecule has 0 radical (unpaired) electrons. The van der Waals surface area contributed by atoms with Crippen LogP contribution < -0.4 is 16.4 Å². The first-order chi connectivity index (χ1) is 9.60. The predicted molar refractivity (Wildman–Crippen MR) is 73.3 cm³/mol. The van der Waals surface area contributed by atoms with Gasteiger partial charge in [0, 0.05) is 18.3 Å². The van der Waals surface area contributed by atoms with Crippen molar-refractivity contribution < 1.29 is 13.6 Å². The molecule has 0 bridgehead atoms. The molecule has 0 heterocycles. The molecule has 104 valence electrons. The Morgan fingerprint density at radius 1 is 1.05 bits per heavy atom. The molecule has 0 unspecified atom stereocenters. The van der Waals surface area contributed by atoms with E-state index in [9.17, 15) is 13.6 Å². The Hall–Kier alpha value is -2.47. The molecule has 2 aromatic carbocycles. The second kappa shape index (κ2) is 6.12. The fourth-order valence-electron chi connectivity index (χ4n) is 1.69. The zero-order valence-corrected chi connectivity index (χ0v) is 10.5. The standard InChI is InChI=1S/C14H13F2N3O/c15-10-5-6-13(11(16)7-10)19-14(20)18-12-4-2-1-3-9(12)8-17/h1-7H,8,17H2,(H2,18,19,20). The number of amides is 2. The van der Waals surface area contributed by atoms with E-state index in [-0.39, 0.29) is 12.2 Å². The molecule has 0 aliphatic rings. The van der Waals surface area contributed by atoms with Crippen molar-refractivity contribution in [3.8, 4) is 0 Å². The zero-order valence-electron chi connectivity index (χ0n) is 10.5. The summed E-state index contributed by atoms with van der Waals surface area (Å²) in [5.74, 6) is -1.55. The highest BCUT2D eigenvalue weighted by Crippen LogP contribution is 2.17. The van der Waals surface area contributed by atoms with E-state index in [1.807, 2.05) is 0 Å². The Labute approximate surface area is 114 Å². The first kappa shape index (κ1) is 14.0. The minimum absolute atomic E-state index is 0.103. The van der Waals surface area contributed by atoms with Crippen LogP contribution in [0.2, 0.25) is 0 Å². The van der Waals surface area contributed by atoms with E-state index in [1.54, 1.807) is 24.3 Å². The Morgan fingerprint density at radius 3 is 2.45 bits per heavy atom. The molecule has 20 heavy (non-hydrogen) atoms. The molecule has 0 saturated carbocycles. The summed E-state index contributed by atoms with van der Waals surface area (Å²) in [6, 6.07) is 9.28. The summed E-state index contributed by atoms with van der Waals surface area (Å²) in [7, 11) is 0. The number of halogens is 2. The lowest BCUT2D eigenvalue weighted by Crippen LogP contribution is -2.21. The Morgan fingerprint density at radius 2 is 1.75 bits per heavy atom. The van der Waals surface area contributed by atoms with Crippen LogP contribution in [-0.4, -0.2) is 6.03 Å². The molecule has 0 atom stereocenters. The number of urea groups is 1. The molecular weight excluding hydrogens is 264 g/mol. The fourth-order valence-corrected chi connectivity index (χ4v) is 1.69. The fraction of sp³-hybridized carbons (Fsp3) is 0.0714. The molecule has 0 aliphatic carbocycles. The SMILES string of the molecule is NCc1ccccc1NC(=O)Nc1ccc(F)cc1F. The van der Waals surface area contributed by atoms with Gasteiger partial charge >= 0.3 is 6.03 Å². The molecule has 0 fully saturated rings. The summed E-state index contributed by atoms with van der Waals surface area (Å²) in [4.78, 5) is 11.8. The Balaban J connectivity index is 2.09. The van der Waals surface area contributed by atoms with Gasteiger partial charge in [-0.15, -0.1) is 0 Å². The lowest BCUT2D eigenvalue weighted by atomic mass is 10.2. The third-order valence-electron chi connectivity index (χ3n) is 2.66. The van der Waals surface area contributed by atoms with Gasteiger partial charge in [-0.05, 0) is 23.8 Å². The minimum atomic E-state index is -0.840. The molecular formula is C14H13F2N3O. The van der Waals surface area contributed by atoms with Crippen molar-refractivity contribution in [3.05, 3.63) is 59.7 Å². The highest BCUT2D eigenvalue weighted by atomic mass is 19.1. The van der Waals surface area contributed by atoms with Crippen molar-refractivity contribution in [2.75, 3.05) is 10.6 Å². The van der Waals surface area contributed by atoms with Crippen LogP contribution >= 0.6 is 0 Å². The maximum atomic E-state index is 13.4. The van der Waals surface area contributed by atoms with E-state index in [1.165, 1.54) is 0 Å². The number of benzene rings is 2. The zero-order chi connectivity index (χ0) is 14.5. The van der Waals surface area contributed by atoms with Crippen LogP contribution in [-0.2, 0) is 6.54 Å². The monoisotopic (exact) mass is 277 g/mol. The second-order valence-electron chi connectivity index (χ2n) is 4.06. The summed E-state index contributed by atoms with van der Waals surface area (Å²) >= 11 is 0. The van der Waals surface area contributed by atoms with Gasteiger partial charge in [-0.1, -0.05) is 18.2 Å². The van der Waals surface area contributed by atoms with Crippen LogP contribution in [0.25, 0.3) is 0 Å². The van der Waals surface area contributed by atoms with Crippen LogP contribution in [0.5, 0.6) is 0 Å². The molecule has 0 spiro atoms. The van der Waals surface area contributed by atoms with Crippen LogP contribution in [0.3, 0.4) is 0 Å². The highest BCUT2D eigenvalue weighted by molar-refractivity contribution is 6.00. The van der Waals surface area contributed by atoms with Crippen LogP contribution in [0.4, 0.5) is 25.0 Å². The van der Waals surface area contributed by atoms with Gasteiger partial charge in [-0.25, -0.2) is 13.6 Å². The number of carbonyl (C=O) groups excluding carboxylic acids is 1. The lowest BCUT2D eigenvalue weighted by Gasteiger charge is -2.11. The average Bonchev–Trinajstić information content (AvgIpc) is 2.42. The molecule has 2 amide bonds. The van der Waals surface area contributed by atoms with Crippen LogP contribution in [0.1, 0.15) is 5.56 Å². The smallest absolute Gasteiger partial charge is 0.323 e. The molecule has 4 nitrogen and oxygen atoms in total. The van der Waals surface area contributed by atoms with Crippen LogP contribution in [0.15, 0.2) is 42.5 Å². The molecule has 2 aromatic rings. The van der Waals surface area contributed by atoms with E-state index in [0.717, 1.165) is 17.7 Å². The molecule has 4 N–H and O–H groups in total. The number of anilines is 2. The van der Waals surface area contributed by atoms with E-state index < -0.39 is 17.7 Å². The van der Waals surface area contributed by atoms with Gasteiger partial charge in [0.25, 0.3) is 0 Å². The lowest BCUT2D eigenvalue weighted by molar-refractivity contribution is 0.262. The summed E-state index contributed by atoms with van der Waals surface area (Å²) in [5.41, 5.74) is 6.73. The van der Waals surface area contributed by atoms with Crippen molar-refractivity contribution in [1.29, 1.82) is 0 Å². The van der Waals surface area contributed by atoms with Crippen molar-refractivity contribution >= 4 is 17.4 Å².